The maximum absolute atomic E-state index is 12.3. The Morgan fingerprint density at radius 2 is 1.70 bits per heavy atom. The highest BCUT2D eigenvalue weighted by atomic mass is 16.5. The molecule has 0 aliphatic heterocycles. The second-order valence-electron chi connectivity index (χ2n) is 6.89. The summed E-state index contributed by atoms with van der Waals surface area (Å²) in [5.41, 5.74) is 3.64. The average molecular weight is 368 g/mol. The summed E-state index contributed by atoms with van der Waals surface area (Å²) >= 11 is 0. The Bertz CT molecular complexity index is 798. The number of hydrogen-bond donors (Lipinski definition) is 1. The van der Waals surface area contributed by atoms with Gasteiger partial charge in [0.25, 0.3) is 5.91 Å². The van der Waals surface area contributed by atoms with E-state index in [0.717, 1.165) is 22.6 Å². The summed E-state index contributed by atoms with van der Waals surface area (Å²) in [5, 5.41) is 2.88. The first kappa shape index (κ1) is 20.5. The van der Waals surface area contributed by atoms with Crippen LogP contribution in [-0.4, -0.2) is 31.0 Å². The van der Waals surface area contributed by atoms with Crippen LogP contribution in [0, 0.1) is 13.8 Å². The van der Waals surface area contributed by atoms with Crippen LogP contribution in [0.5, 0.6) is 5.75 Å². The van der Waals surface area contributed by atoms with Crippen molar-refractivity contribution in [2.24, 2.45) is 0 Å². The number of anilines is 1. The third-order valence-corrected chi connectivity index (χ3v) is 4.29. The zero-order chi connectivity index (χ0) is 20.0. The Balaban J connectivity index is 1.97. The van der Waals surface area contributed by atoms with Gasteiger partial charge in [-0.3, -0.25) is 9.59 Å². The highest BCUT2D eigenvalue weighted by molar-refractivity contribution is 5.95. The van der Waals surface area contributed by atoms with Gasteiger partial charge in [0, 0.05) is 31.3 Å². The van der Waals surface area contributed by atoms with Crippen molar-refractivity contribution < 1.29 is 14.3 Å². The minimum absolute atomic E-state index is 0.0760. The van der Waals surface area contributed by atoms with Crippen LogP contribution in [0.3, 0.4) is 0 Å². The first-order chi connectivity index (χ1) is 12.8. The Morgan fingerprint density at radius 1 is 1.04 bits per heavy atom. The molecule has 2 rings (SSSR count). The highest BCUT2D eigenvalue weighted by Crippen LogP contribution is 2.20. The fourth-order valence-electron chi connectivity index (χ4n) is 2.71. The summed E-state index contributed by atoms with van der Waals surface area (Å²) in [6.07, 6.45) is 0.0976. The summed E-state index contributed by atoms with van der Waals surface area (Å²) < 4.78 is 5.63. The second-order valence-corrected chi connectivity index (χ2v) is 6.89. The van der Waals surface area contributed by atoms with E-state index in [1.165, 1.54) is 6.92 Å². The summed E-state index contributed by atoms with van der Waals surface area (Å²) in [6.45, 7) is 10.2. The van der Waals surface area contributed by atoms with Crippen LogP contribution < -0.4 is 15.0 Å². The van der Waals surface area contributed by atoms with E-state index in [1.54, 1.807) is 4.90 Å². The minimum atomic E-state index is -0.137. The number of nitrogens with zero attached hydrogens (tertiary/aromatic N) is 1. The lowest BCUT2D eigenvalue weighted by Crippen LogP contribution is -2.37. The third kappa shape index (κ3) is 5.84. The normalized spacial score (nSPS) is 10.6. The average Bonchev–Trinajstić information content (AvgIpc) is 2.61. The predicted molar refractivity (Wildman–Crippen MR) is 108 cm³/mol. The molecule has 0 aliphatic carbocycles. The number of hydrogen-bond acceptors (Lipinski definition) is 3. The Morgan fingerprint density at radius 3 is 2.26 bits per heavy atom. The molecule has 2 aromatic carbocycles. The third-order valence-electron chi connectivity index (χ3n) is 4.29. The topological polar surface area (TPSA) is 58.6 Å². The fourth-order valence-corrected chi connectivity index (χ4v) is 2.71. The summed E-state index contributed by atoms with van der Waals surface area (Å²) in [7, 11) is 0. The number of benzene rings is 2. The van der Waals surface area contributed by atoms with Gasteiger partial charge in [-0.2, -0.15) is 0 Å². The van der Waals surface area contributed by atoms with Crippen molar-refractivity contribution in [3.63, 3.8) is 0 Å². The molecule has 0 aliphatic rings. The van der Waals surface area contributed by atoms with Crippen LogP contribution >= 0.6 is 0 Å². The van der Waals surface area contributed by atoms with Gasteiger partial charge in [-0.25, -0.2) is 0 Å². The molecule has 0 bridgehead atoms. The van der Waals surface area contributed by atoms with Crippen LogP contribution in [-0.2, 0) is 4.79 Å². The molecule has 2 amide bonds. The molecule has 0 spiro atoms. The molecule has 0 fully saturated rings. The fraction of sp³-hybridized carbons (Fsp3) is 0.364. The van der Waals surface area contributed by atoms with E-state index in [4.69, 9.17) is 4.74 Å². The maximum Gasteiger partial charge on any atom is 0.251 e. The SMILES string of the molecule is CC(=O)N(CCNC(=O)c1ccc(C)c(C)c1)c1ccc(OC(C)C)cc1. The molecule has 0 atom stereocenters. The van der Waals surface area contributed by atoms with Gasteiger partial charge in [-0.15, -0.1) is 0 Å². The van der Waals surface area contributed by atoms with Gasteiger partial charge >= 0.3 is 0 Å². The molecule has 0 unspecified atom stereocenters. The number of carbonyl (C=O) groups is 2. The molecule has 2 aromatic rings. The van der Waals surface area contributed by atoms with Crippen LogP contribution in [0.2, 0.25) is 0 Å². The number of rotatable bonds is 7. The van der Waals surface area contributed by atoms with E-state index < -0.39 is 0 Å². The van der Waals surface area contributed by atoms with E-state index in [1.807, 2.05) is 70.2 Å². The van der Waals surface area contributed by atoms with Crippen LogP contribution in [0.1, 0.15) is 42.3 Å². The van der Waals surface area contributed by atoms with Gasteiger partial charge in [0.15, 0.2) is 0 Å². The monoisotopic (exact) mass is 368 g/mol. The van der Waals surface area contributed by atoms with Gasteiger partial charge in [-0.05, 0) is 75.2 Å². The lowest BCUT2D eigenvalue weighted by Gasteiger charge is -2.22. The largest absolute Gasteiger partial charge is 0.491 e. The molecular weight excluding hydrogens is 340 g/mol. The molecule has 144 valence electrons. The van der Waals surface area contributed by atoms with Crippen LogP contribution in [0.4, 0.5) is 5.69 Å². The second kappa shape index (κ2) is 9.21. The molecule has 0 radical (unpaired) electrons. The number of amides is 2. The number of carbonyl (C=O) groups excluding carboxylic acids is 2. The standard InChI is InChI=1S/C22H28N2O3/c1-15(2)27-21-10-8-20(9-11-21)24(18(5)25)13-12-23-22(26)19-7-6-16(3)17(4)14-19/h6-11,14-15H,12-13H2,1-5H3,(H,23,26). The van der Waals surface area contributed by atoms with E-state index in [2.05, 4.69) is 5.32 Å². The first-order valence-corrected chi connectivity index (χ1v) is 9.18. The van der Waals surface area contributed by atoms with Crippen molar-refractivity contribution in [2.75, 3.05) is 18.0 Å². The predicted octanol–water partition coefficient (Wildman–Crippen LogP) is 3.87. The van der Waals surface area contributed by atoms with Gasteiger partial charge < -0.3 is 15.0 Å². The Labute approximate surface area is 161 Å². The zero-order valence-electron chi connectivity index (χ0n) is 16.7. The molecule has 0 heterocycles. The zero-order valence-corrected chi connectivity index (χ0v) is 16.7. The van der Waals surface area contributed by atoms with Crippen molar-refractivity contribution in [1.82, 2.24) is 5.32 Å². The summed E-state index contributed by atoms with van der Waals surface area (Å²) in [4.78, 5) is 26.0. The van der Waals surface area contributed by atoms with Crippen LogP contribution in [0.15, 0.2) is 42.5 Å². The van der Waals surface area contributed by atoms with E-state index in [0.29, 0.717) is 18.7 Å². The van der Waals surface area contributed by atoms with Crippen molar-refractivity contribution in [3.05, 3.63) is 59.2 Å². The number of nitrogens with one attached hydrogen (secondary N) is 1. The smallest absolute Gasteiger partial charge is 0.251 e. The summed E-state index contributed by atoms with van der Waals surface area (Å²) in [5.74, 6) is 0.551. The van der Waals surface area contributed by atoms with E-state index in [9.17, 15) is 9.59 Å². The summed E-state index contributed by atoms with van der Waals surface area (Å²) in [6, 6.07) is 13.0. The highest BCUT2D eigenvalue weighted by Gasteiger charge is 2.13. The van der Waals surface area contributed by atoms with Crippen molar-refractivity contribution >= 4 is 17.5 Å². The molecule has 1 N–H and O–H groups in total. The molecule has 5 nitrogen and oxygen atoms in total. The Kier molecular flexibility index (Phi) is 6.99. The lowest BCUT2D eigenvalue weighted by atomic mass is 10.1. The quantitative estimate of drug-likeness (QED) is 0.807. The van der Waals surface area contributed by atoms with Crippen molar-refractivity contribution in [2.45, 2.75) is 40.7 Å². The lowest BCUT2D eigenvalue weighted by molar-refractivity contribution is -0.116. The van der Waals surface area contributed by atoms with Crippen molar-refractivity contribution in [3.8, 4) is 5.75 Å². The molecule has 0 saturated carbocycles. The van der Waals surface area contributed by atoms with E-state index in [-0.39, 0.29) is 17.9 Å². The first-order valence-electron chi connectivity index (χ1n) is 9.18. The molecule has 0 aromatic heterocycles. The van der Waals surface area contributed by atoms with Gasteiger partial charge in [0.05, 0.1) is 6.10 Å². The van der Waals surface area contributed by atoms with Crippen LogP contribution in [0.25, 0.3) is 0 Å². The number of aryl methyl sites for hydroxylation is 2. The van der Waals surface area contributed by atoms with Gasteiger partial charge in [0.1, 0.15) is 5.75 Å². The van der Waals surface area contributed by atoms with Crippen molar-refractivity contribution in [1.29, 1.82) is 0 Å². The van der Waals surface area contributed by atoms with E-state index >= 15 is 0 Å². The molecule has 5 heteroatoms. The minimum Gasteiger partial charge on any atom is -0.491 e. The maximum atomic E-state index is 12.3. The van der Waals surface area contributed by atoms with Gasteiger partial charge in [0.2, 0.25) is 5.91 Å². The molecule has 27 heavy (non-hydrogen) atoms. The molecule has 0 saturated heterocycles. The van der Waals surface area contributed by atoms with Gasteiger partial charge in [-0.1, -0.05) is 6.07 Å². The molecular formula is C22H28N2O3. The number of ether oxygens (including phenoxy) is 1. The Hall–Kier alpha value is -2.82.